The van der Waals surface area contributed by atoms with Crippen LogP contribution in [0.2, 0.25) is 0 Å². The van der Waals surface area contributed by atoms with Crippen LogP contribution in [0.1, 0.15) is 278 Å². The molecule has 444 valence electrons. The van der Waals surface area contributed by atoms with E-state index in [9.17, 15) is 43.2 Å². The maximum Gasteiger partial charge on any atom is 0.472 e. The Bertz CT molecular complexity index is 1470. The average molecular weight is 1120 g/mol. The van der Waals surface area contributed by atoms with E-state index >= 15 is 0 Å². The van der Waals surface area contributed by atoms with Crippen LogP contribution >= 0.6 is 15.6 Å². The first-order valence-electron chi connectivity index (χ1n) is 29.8. The molecule has 5 atom stereocenters. The highest BCUT2D eigenvalue weighted by Crippen LogP contribution is 2.45. The molecule has 0 aromatic heterocycles. The van der Waals surface area contributed by atoms with Gasteiger partial charge in [0.05, 0.1) is 26.4 Å². The van der Waals surface area contributed by atoms with E-state index in [2.05, 4.69) is 27.7 Å². The third-order valence-electron chi connectivity index (χ3n) is 12.9. The van der Waals surface area contributed by atoms with Crippen LogP contribution in [-0.4, -0.2) is 96.7 Å². The maximum atomic E-state index is 12.9. The summed E-state index contributed by atoms with van der Waals surface area (Å²) in [5, 5.41) is 10.5. The maximum absolute atomic E-state index is 12.9. The topological polar surface area (TPSA) is 237 Å². The fraction of sp³-hybridized carbons (Fsp3) is 0.929. The predicted octanol–water partition coefficient (Wildman–Crippen LogP) is 14.8. The summed E-state index contributed by atoms with van der Waals surface area (Å²) in [6.07, 6.45) is 33.7. The number of aliphatic hydroxyl groups excluding tert-OH is 1. The highest BCUT2D eigenvalue weighted by atomic mass is 31.2. The molecule has 0 radical (unpaired) electrons. The molecule has 0 amide bonds. The van der Waals surface area contributed by atoms with E-state index < -0.39 is 97.5 Å². The minimum atomic E-state index is -4.93. The van der Waals surface area contributed by atoms with Crippen molar-refractivity contribution >= 4 is 39.5 Å². The summed E-state index contributed by atoms with van der Waals surface area (Å²) in [6.45, 7) is 4.73. The summed E-state index contributed by atoms with van der Waals surface area (Å²) in [7, 11) is -9.86. The first-order valence-corrected chi connectivity index (χ1v) is 32.8. The number of rotatable bonds is 57. The molecule has 3 N–H and O–H groups in total. The van der Waals surface area contributed by atoms with E-state index in [1.54, 1.807) is 0 Å². The molecule has 0 bridgehead atoms. The Morgan fingerprint density at radius 2 is 0.533 bits per heavy atom. The molecular weight excluding hydrogens is 1010 g/mol. The van der Waals surface area contributed by atoms with Crippen molar-refractivity contribution in [1.29, 1.82) is 0 Å². The standard InChI is InChI=1S/C56H108O17P2/c1-5-9-13-17-21-23-24-25-26-27-31-35-39-43-56(61)73-52(47-67-54(59)41-37-33-30-22-18-14-10-6-2)49-71-75(64,65)69-45-50(57)44-68-74(62,63)70-48-51(72-55(60)42-38-34-29-20-16-12-8-4)46-66-53(58)40-36-32-28-19-15-11-7-3/h50-52,57H,5-49H2,1-4H3,(H,62,63)(H,64,65)/t50-,51+,52+/m0/s1. The molecule has 0 aliphatic heterocycles. The fourth-order valence-electron chi connectivity index (χ4n) is 8.22. The van der Waals surface area contributed by atoms with Gasteiger partial charge in [0, 0.05) is 25.7 Å². The van der Waals surface area contributed by atoms with Gasteiger partial charge in [-0.15, -0.1) is 0 Å². The summed E-state index contributed by atoms with van der Waals surface area (Å²) in [4.78, 5) is 71.5. The molecule has 17 nitrogen and oxygen atoms in total. The largest absolute Gasteiger partial charge is 0.472 e. The van der Waals surface area contributed by atoms with Crippen LogP contribution in [0.3, 0.4) is 0 Å². The summed E-state index contributed by atoms with van der Waals surface area (Å²) in [5.41, 5.74) is 0. The highest BCUT2D eigenvalue weighted by molar-refractivity contribution is 7.47. The summed E-state index contributed by atoms with van der Waals surface area (Å²) >= 11 is 0. The quantitative estimate of drug-likeness (QED) is 0.0222. The van der Waals surface area contributed by atoms with Crippen molar-refractivity contribution in [2.45, 2.75) is 296 Å². The molecule has 0 saturated carbocycles. The van der Waals surface area contributed by atoms with Gasteiger partial charge in [0.1, 0.15) is 19.3 Å². The Hall–Kier alpha value is -1.94. The van der Waals surface area contributed by atoms with Gasteiger partial charge >= 0.3 is 39.5 Å². The van der Waals surface area contributed by atoms with Gasteiger partial charge in [-0.1, -0.05) is 227 Å². The first-order chi connectivity index (χ1) is 36.2. The van der Waals surface area contributed by atoms with Crippen molar-refractivity contribution in [3.05, 3.63) is 0 Å². The van der Waals surface area contributed by atoms with Crippen LogP contribution in [0.25, 0.3) is 0 Å². The molecule has 0 spiro atoms. The fourth-order valence-corrected chi connectivity index (χ4v) is 9.80. The minimum Gasteiger partial charge on any atom is -0.462 e. The normalized spacial score (nSPS) is 14.4. The van der Waals surface area contributed by atoms with Crippen molar-refractivity contribution in [2.75, 3.05) is 39.6 Å². The second-order valence-electron chi connectivity index (χ2n) is 20.3. The monoisotopic (exact) mass is 1110 g/mol. The lowest BCUT2D eigenvalue weighted by Crippen LogP contribution is -2.30. The van der Waals surface area contributed by atoms with Crippen LogP contribution < -0.4 is 0 Å². The second kappa shape index (κ2) is 51.5. The van der Waals surface area contributed by atoms with Crippen molar-refractivity contribution in [1.82, 2.24) is 0 Å². The van der Waals surface area contributed by atoms with Crippen molar-refractivity contribution < 1.29 is 80.2 Å². The lowest BCUT2D eigenvalue weighted by Gasteiger charge is -2.21. The molecule has 0 rings (SSSR count). The van der Waals surface area contributed by atoms with Crippen LogP contribution in [0, 0.1) is 0 Å². The molecule has 0 saturated heterocycles. The number of unbranched alkanes of at least 4 members (excludes halogenated alkanes) is 31. The van der Waals surface area contributed by atoms with Gasteiger partial charge in [-0.3, -0.25) is 37.3 Å². The van der Waals surface area contributed by atoms with Gasteiger partial charge in [0.15, 0.2) is 12.2 Å². The number of carbonyl (C=O) groups is 4. The van der Waals surface area contributed by atoms with Crippen molar-refractivity contribution in [2.24, 2.45) is 0 Å². The van der Waals surface area contributed by atoms with Gasteiger partial charge in [-0.2, -0.15) is 0 Å². The minimum absolute atomic E-state index is 0.104. The molecule has 75 heavy (non-hydrogen) atoms. The van der Waals surface area contributed by atoms with E-state index in [4.69, 9.17) is 37.0 Å². The molecule has 0 fully saturated rings. The van der Waals surface area contributed by atoms with Crippen LogP contribution in [-0.2, 0) is 65.4 Å². The summed E-state index contributed by atoms with van der Waals surface area (Å²) in [6, 6.07) is 0. The number of esters is 4. The van der Waals surface area contributed by atoms with E-state index in [0.29, 0.717) is 25.7 Å². The van der Waals surface area contributed by atoms with E-state index in [0.717, 1.165) is 122 Å². The smallest absolute Gasteiger partial charge is 0.462 e. The summed E-state index contributed by atoms with van der Waals surface area (Å²) in [5.74, 6) is -2.15. The highest BCUT2D eigenvalue weighted by Gasteiger charge is 2.30. The lowest BCUT2D eigenvalue weighted by molar-refractivity contribution is -0.161. The molecular formula is C56H108O17P2. The Kier molecular flexibility index (Phi) is 50.2. The SMILES string of the molecule is CCCCCCCCCCCCCCCC(=O)O[C@H](COC(=O)CCCCCCCCCC)COP(=O)(O)OC[C@@H](O)COP(=O)(O)OC[C@@H](COC(=O)CCCCCCCCC)OC(=O)CCCCCCCCC. The third-order valence-corrected chi connectivity index (χ3v) is 14.8. The van der Waals surface area contributed by atoms with E-state index in [-0.39, 0.29) is 25.7 Å². The number of phosphoric ester groups is 2. The zero-order valence-electron chi connectivity index (χ0n) is 47.5. The lowest BCUT2D eigenvalue weighted by atomic mass is 10.0. The molecule has 2 unspecified atom stereocenters. The van der Waals surface area contributed by atoms with Gasteiger partial charge in [0.25, 0.3) is 0 Å². The number of carbonyl (C=O) groups excluding carboxylic acids is 4. The van der Waals surface area contributed by atoms with Gasteiger partial charge in [-0.05, 0) is 25.7 Å². The Morgan fingerprint density at radius 1 is 0.320 bits per heavy atom. The molecule has 0 heterocycles. The number of hydrogen-bond acceptors (Lipinski definition) is 15. The molecule has 0 aliphatic carbocycles. The van der Waals surface area contributed by atoms with Crippen LogP contribution in [0.15, 0.2) is 0 Å². The van der Waals surface area contributed by atoms with Crippen molar-refractivity contribution in [3.63, 3.8) is 0 Å². The Labute approximate surface area is 454 Å². The molecule has 19 heteroatoms. The molecule has 0 aromatic rings. The number of phosphoric acid groups is 2. The van der Waals surface area contributed by atoms with Gasteiger partial charge < -0.3 is 33.8 Å². The molecule has 0 aromatic carbocycles. The van der Waals surface area contributed by atoms with Crippen LogP contribution in [0.5, 0.6) is 0 Å². The van der Waals surface area contributed by atoms with Crippen molar-refractivity contribution in [3.8, 4) is 0 Å². The van der Waals surface area contributed by atoms with E-state index in [1.807, 2.05) is 0 Å². The zero-order valence-corrected chi connectivity index (χ0v) is 49.3. The number of ether oxygens (including phenoxy) is 4. The first kappa shape index (κ1) is 73.1. The Morgan fingerprint density at radius 3 is 0.787 bits per heavy atom. The summed E-state index contributed by atoms with van der Waals surface area (Å²) < 4.78 is 67.4. The molecule has 0 aliphatic rings. The van der Waals surface area contributed by atoms with Gasteiger partial charge in [0.2, 0.25) is 0 Å². The average Bonchev–Trinajstić information content (AvgIpc) is 3.38. The predicted molar refractivity (Wildman–Crippen MR) is 294 cm³/mol. The van der Waals surface area contributed by atoms with E-state index in [1.165, 1.54) is 77.0 Å². The zero-order chi connectivity index (χ0) is 55.5. The third kappa shape index (κ3) is 51.3. The number of aliphatic hydroxyl groups is 1. The van der Waals surface area contributed by atoms with Crippen LogP contribution in [0.4, 0.5) is 0 Å². The van der Waals surface area contributed by atoms with Gasteiger partial charge in [-0.25, -0.2) is 9.13 Å². The Balaban J connectivity index is 5.17. The number of hydrogen-bond donors (Lipinski definition) is 3. The second-order valence-corrected chi connectivity index (χ2v) is 23.2.